The molecule has 1 aliphatic heterocycles. The quantitative estimate of drug-likeness (QED) is 0.855. The number of sulfone groups is 1. The fourth-order valence-electron chi connectivity index (χ4n) is 3.30. The smallest absolute Gasteiger partial charge is 0.253 e. The van der Waals surface area contributed by atoms with Gasteiger partial charge in [0, 0.05) is 30.6 Å². The third kappa shape index (κ3) is 4.78. The summed E-state index contributed by atoms with van der Waals surface area (Å²) in [7, 11) is -3.34. The van der Waals surface area contributed by atoms with Crippen molar-refractivity contribution >= 4 is 27.3 Å². The largest absolute Gasteiger partial charge is 0.338 e. The average Bonchev–Trinajstić information content (AvgIpc) is 2.67. The number of amides is 2. The molecule has 0 spiro atoms. The Labute approximate surface area is 165 Å². The van der Waals surface area contributed by atoms with Gasteiger partial charge in [-0.2, -0.15) is 0 Å². The number of nitrogens with one attached hydrogen (secondary N) is 1. The molecule has 0 saturated carbocycles. The van der Waals surface area contributed by atoms with Crippen LogP contribution >= 0.6 is 0 Å². The number of hydrogen-bond acceptors (Lipinski definition) is 4. The van der Waals surface area contributed by atoms with Crippen molar-refractivity contribution in [2.75, 3.05) is 24.7 Å². The van der Waals surface area contributed by atoms with Gasteiger partial charge < -0.3 is 10.2 Å². The molecule has 1 saturated heterocycles. The maximum Gasteiger partial charge on any atom is 0.253 e. The second-order valence-electron chi connectivity index (χ2n) is 7.25. The van der Waals surface area contributed by atoms with E-state index in [4.69, 9.17) is 0 Å². The second-order valence-corrected chi connectivity index (χ2v) is 9.26. The highest BCUT2D eigenvalue weighted by Gasteiger charge is 2.29. The van der Waals surface area contributed by atoms with Crippen LogP contribution in [0.1, 0.15) is 28.8 Å². The molecule has 6 nitrogen and oxygen atoms in total. The summed E-state index contributed by atoms with van der Waals surface area (Å²) >= 11 is 0. The van der Waals surface area contributed by atoms with Gasteiger partial charge in [-0.25, -0.2) is 8.42 Å². The molecule has 2 aromatic rings. The van der Waals surface area contributed by atoms with Gasteiger partial charge in [-0.1, -0.05) is 23.8 Å². The van der Waals surface area contributed by atoms with Crippen LogP contribution in [-0.2, 0) is 14.6 Å². The number of likely N-dealkylation sites (tertiary alicyclic amines) is 1. The summed E-state index contributed by atoms with van der Waals surface area (Å²) in [4.78, 5) is 27.3. The Balaban J connectivity index is 1.68. The van der Waals surface area contributed by atoms with E-state index in [9.17, 15) is 18.0 Å². The molecule has 0 aromatic heterocycles. The first-order chi connectivity index (χ1) is 13.2. The Morgan fingerprint density at radius 2 is 1.82 bits per heavy atom. The van der Waals surface area contributed by atoms with Gasteiger partial charge in [-0.3, -0.25) is 9.59 Å². The molecule has 1 fully saturated rings. The summed E-state index contributed by atoms with van der Waals surface area (Å²) in [6.07, 6.45) is 2.57. The Bertz CT molecular complexity index is 984. The molecule has 1 unspecified atom stereocenters. The molecule has 1 N–H and O–H groups in total. The Morgan fingerprint density at radius 3 is 2.50 bits per heavy atom. The molecule has 0 radical (unpaired) electrons. The van der Waals surface area contributed by atoms with Gasteiger partial charge in [0.1, 0.15) is 0 Å². The monoisotopic (exact) mass is 400 g/mol. The first-order valence-corrected chi connectivity index (χ1v) is 11.1. The number of aryl methyl sites for hydroxylation is 1. The molecule has 7 heteroatoms. The van der Waals surface area contributed by atoms with Crippen LogP contribution in [0.2, 0.25) is 0 Å². The van der Waals surface area contributed by atoms with Crippen molar-refractivity contribution < 1.29 is 18.0 Å². The number of rotatable bonds is 4. The zero-order chi connectivity index (χ0) is 20.3. The van der Waals surface area contributed by atoms with E-state index in [1.807, 2.05) is 19.1 Å². The summed E-state index contributed by atoms with van der Waals surface area (Å²) in [6, 6.07) is 13.6. The maximum atomic E-state index is 12.7. The van der Waals surface area contributed by atoms with Crippen LogP contribution in [0.3, 0.4) is 0 Å². The summed E-state index contributed by atoms with van der Waals surface area (Å²) in [5.41, 5.74) is 2.14. The predicted molar refractivity (Wildman–Crippen MR) is 108 cm³/mol. The fraction of sp³-hybridized carbons (Fsp3) is 0.333. The Kier molecular flexibility index (Phi) is 5.84. The van der Waals surface area contributed by atoms with Crippen LogP contribution in [0.5, 0.6) is 0 Å². The standard InChI is InChI=1S/C21H24N2O4S/c1-15-8-10-16(11-9-15)21(25)23-12-4-5-17(14-23)20(24)22-18-6-3-7-19(13-18)28(2,26)27/h3,6-11,13,17H,4-5,12,14H2,1-2H3,(H,22,24). The number of benzene rings is 2. The normalized spacial score (nSPS) is 17.2. The van der Waals surface area contributed by atoms with Crippen LogP contribution in [0, 0.1) is 12.8 Å². The van der Waals surface area contributed by atoms with Crippen molar-refractivity contribution in [2.45, 2.75) is 24.7 Å². The lowest BCUT2D eigenvalue weighted by atomic mass is 9.96. The van der Waals surface area contributed by atoms with Gasteiger partial charge in [0.25, 0.3) is 5.91 Å². The number of carbonyl (C=O) groups excluding carboxylic acids is 2. The molecule has 2 amide bonds. The number of carbonyl (C=O) groups is 2. The Morgan fingerprint density at radius 1 is 1.11 bits per heavy atom. The van der Waals surface area contributed by atoms with Crippen molar-refractivity contribution in [3.05, 3.63) is 59.7 Å². The SMILES string of the molecule is Cc1ccc(C(=O)N2CCCC(C(=O)Nc3cccc(S(C)(=O)=O)c3)C2)cc1. The molecule has 1 atom stereocenters. The van der Waals surface area contributed by atoms with E-state index < -0.39 is 9.84 Å². The van der Waals surface area contributed by atoms with Crippen LogP contribution in [-0.4, -0.2) is 44.5 Å². The number of anilines is 1. The molecule has 1 aliphatic rings. The second kappa shape index (κ2) is 8.14. The summed E-state index contributed by atoms with van der Waals surface area (Å²) < 4.78 is 23.4. The minimum Gasteiger partial charge on any atom is -0.338 e. The fourth-order valence-corrected chi connectivity index (χ4v) is 3.97. The third-order valence-corrected chi connectivity index (χ3v) is 6.02. The summed E-state index contributed by atoms with van der Waals surface area (Å²) in [5, 5.41) is 2.79. The summed E-state index contributed by atoms with van der Waals surface area (Å²) in [5.74, 6) is -0.603. The van der Waals surface area contributed by atoms with Crippen LogP contribution in [0.15, 0.2) is 53.4 Å². The maximum absolute atomic E-state index is 12.7. The molecule has 1 heterocycles. The highest BCUT2D eigenvalue weighted by atomic mass is 32.2. The first-order valence-electron chi connectivity index (χ1n) is 9.21. The predicted octanol–water partition coefficient (Wildman–Crippen LogP) is 2.89. The van der Waals surface area contributed by atoms with Gasteiger partial charge in [0.2, 0.25) is 5.91 Å². The zero-order valence-corrected chi connectivity index (χ0v) is 16.8. The third-order valence-electron chi connectivity index (χ3n) is 4.91. The van der Waals surface area contributed by atoms with Crippen molar-refractivity contribution in [1.29, 1.82) is 0 Å². The van der Waals surface area contributed by atoms with E-state index in [0.717, 1.165) is 18.2 Å². The Hall–Kier alpha value is -2.67. The van der Waals surface area contributed by atoms with E-state index in [0.29, 0.717) is 30.8 Å². The van der Waals surface area contributed by atoms with Crippen LogP contribution < -0.4 is 5.32 Å². The lowest BCUT2D eigenvalue weighted by Gasteiger charge is -2.32. The van der Waals surface area contributed by atoms with Gasteiger partial charge in [-0.15, -0.1) is 0 Å². The molecular weight excluding hydrogens is 376 g/mol. The van der Waals surface area contributed by atoms with E-state index in [-0.39, 0.29) is 22.6 Å². The number of nitrogens with zero attached hydrogens (tertiary/aromatic N) is 1. The van der Waals surface area contributed by atoms with Gasteiger partial charge in [0.15, 0.2) is 9.84 Å². The lowest BCUT2D eigenvalue weighted by molar-refractivity contribution is -0.121. The highest BCUT2D eigenvalue weighted by molar-refractivity contribution is 7.90. The average molecular weight is 401 g/mol. The van der Waals surface area contributed by atoms with Crippen molar-refractivity contribution in [3.8, 4) is 0 Å². The zero-order valence-electron chi connectivity index (χ0n) is 16.0. The van der Waals surface area contributed by atoms with Crippen molar-refractivity contribution in [3.63, 3.8) is 0 Å². The van der Waals surface area contributed by atoms with Gasteiger partial charge in [-0.05, 0) is 50.1 Å². The molecule has 2 aromatic carbocycles. The van der Waals surface area contributed by atoms with Crippen LogP contribution in [0.25, 0.3) is 0 Å². The molecule has 0 aliphatic carbocycles. The molecule has 28 heavy (non-hydrogen) atoms. The van der Waals surface area contributed by atoms with E-state index in [1.165, 1.54) is 12.1 Å². The van der Waals surface area contributed by atoms with Crippen LogP contribution in [0.4, 0.5) is 5.69 Å². The highest BCUT2D eigenvalue weighted by Crippen LogP contribution is 2.22. The topological polar surface area (TPSA) is 83.6 Å². The van der Waals surface area contributed by atoms with E-state index in [1.54, 1.807) is 29.2 Å². The molecule has 148 valence electrons. The van der Waals surface area contributed by atoms with E-state index >= 15 is 0 Å². The lowest BCUT2D eigenvalue weighted by Crippen LogP contribution is -2.43. The van der Waals surface area contributed by atoms with E-state index in [2.05, 4.69) is 5.32 Å². The van der Waals surface area contributed by atoms with Gasteiger partial charge >= 0.3 is 0 Å². The van der Waals surface area contributed by atoms with Crippen molar-refractivity contribution in [2.24, 2.45) is 5.92 Å². The molecular formula is C21H24N2O4S. The van der Waals surface area contributed by atoms with Crippen molar-refractivity contribution in [1.82, 2.24) is 4.90 Å². The summed E-state index contributed by atoms with van der Waals surface area (Å²) in [6.45, 7) is 2.94. The minimum absolute atomic E-state index is 0.0726. The number of piperidine rings is 1. The molecule has 3 rings (SSSR count). The number of hydrogen-bond donors (Lipinski definition) is 1. The van der Waals surface area contributed by atoms with Gasteiger partial charge in [0.05, 0.1) is 10.8 Å². The molecule has 0 bridgehead atoms. The minimum atomic E-state index is -3.34. The first kappa shape index (κ1) is 20.1.